The van der Waals surface area contributed by atoms with Crippen molar-refractivity contribution in [2.45, 2.75) is 51.5 Å². The fraction of sp³-hybridized carbons (Fsp3) is 0.286. The van der Waals surface area contributed by atoms with Crippen LogP contribution in [0.2, 0.25) is 5.02 Å². The summed E-state index contributed by atoms with van der Waals surface area (Å²) in [7, 11) is -4.00. The fourth-order valence-corrected chi connectivity index (χ4v) is 5.20. The number of hydrogen-bond acceptors (Lipinski definition) is 5. The molecule has 0 radical (unpaired) electrons. The molecular weight excluding hydrogens is 510 g/mol. The lowest BCUT2D eigenvalue weighted by molar-refractivity contribution is 0.0981. The van der Waals surface area contributed by atoms with Crippen molar-refractivity contribution in [2.75, 3.05) is 6.61 Å². The number of nitrogens with one attached hydrogen (secondary N) is 1. The van der Waals surface area contributed by atoms with Crippen LogP contribution in [0.15, 0.2) is 65.6 Å². The lowest BCUT2D eigenvalue weighted by Gasteiger charge is -2.12. The van der Waals surface area contributed by atoms with Crippen molar-refractivity contribution < 1.29 is 17.9 Å². The van der Waals surface area contributed by atoms with Crippen molar-refractivity contribution in [1.82, 2.24) is 14.3 Å². The second-order valence-electron chi connectivity index (χ2n) is 9.01. The Hall–Kier alpha value is -3.36. The maximum atomic E-state index is 12.9. The van der Waals surface area contributed by atoms with Gasteiger partial charge in [0.25, 0.3) is 15.9 Å². The van der Waals surface area contributed by atoms with Gasteiger partial charge in [0.15, 0.2) is 0 Å². The Morgan fingerprint density at radius 1 is 1.03 bits per heavy atom. The monoisotopic (exact) mass is 539 g/mol. The highest BCUT2D eigenvalue weighted by atomic mass is 35.5. The molecule has 1 aromatic heterocycles. The first-order valence-corrected chi connectivity index (χ1v) is 14.1. The zero-order valence-electron chi connectivity index (χ0n) is 21.1. The van der Waals surface area contributed by atoms with Gasteiger partial charge in [-0.2, -0.15) is 0 Å². The summed E-state index contributed by atoms with van der Waals surface area (Å²) in [6.45, 7) is 6.97. The van der Waals surface area contributed by atoms with E-state index in [4.69, 9.17) is 16.3 Å². The number of nitrogens with zero attached hydrogens (tertiary/aromatic N) is 2. The molecule has 0 aliphatic heterocycles. The van der Waals surface area contributed by atoms with Crippen LogP contribution >= 0.6 is 11.6 Å². The molecule has 0 unspecified atom stereocenters. The average molecular weight is 540 g/mol. The van der Waals surface area contributed by atoms with Crippen LogP contribution in [0.4, 0.5) is 0 Å². The molecule has 0 saturated carbocycles. The van der Waals surface area contributed by atoms with Gasteiger partial charge in [-0.3, -0.25) is 4.79 Å². The second-order valence-corrected chi connectivity index (χ2v) is 11.1. The van der Waals surface area contributed by atoms with Crippen molar-refractivity contribution in [2.24, 2.45) is 0 Å². The van der Waals surface area contributed by atoms with Crippen LogP contribution in [-0.4, -0.2) is 30.5 Å². The molecule has 1 heterocycles. The van der Waals surface area contributed by atoms with Crippen LogP contribution in [-0.2, 0) is 16.6 Å². The van der Waals surface area contributed by atoms with E-state index in [9.17, 15) is 13.2 Å². The van der Waals surface area contributed by atoms with Gasteiger partial charge in [0.1, 0.15) is 11.6 Å². The first-order valence-electron chi connectivity index (χ1n) is 12.2. The van der Waals surface area contributed by atoms with Gasteiger partial charge in [-0.15, -0.1) is 0 Å². The SMILES string of the molecule is CCCCCOc1ccc(Cn2c(C)nc3ccc(C(=O)NS(=O)(=O)c4ccc(C)cc4)cc32)c(Cl)c1. The number of aromatic nitrogens is 2. The van der Waals surface area contributed by atoms with Gasteiger partial charge in [0.2, 0.25) is 0 Å². The van der Waals surface area contributed by atoms with Gasteiger partial charge in [-0.05, 0) is 68.3 Å². The molecule has 4 rings (SSSR count). The number of amides is 1. The molecule has 0 atom stereocenters. The molecule has 37 heavy (non-hydrogen) atoms. The van der Waals surface area contributed by atoms with Gasteiger partial charge >= 0.3 is 0 Å². The molecule has 1 N–H and O–H groups in total. The highest BCUT2D eigenvalue weighted by molar-refractivity contribution is 7.90. The zero-order chi connectivity index (χ0) is 26.6. The Morgan fingerprint density at radius 3 is 2.49 bits per heavy atom. The first-order chi connectivity index (χ1) is 17.7. The minimum Gasteiger partial charge on any atom is -0.494 e. The number of imidazole rings is 1. The average Bonchev–Trinajstić information content (AvgIpc) is 3.17. The van der Waals surface area contributed by atoms with Crippen LogP contribution in [0, 0.1) is 13.8 Å². The van der Waals surface area contributed by atoms with Gasteiger partial charge in [0.05, 0.1) is 29.1 Å². The lowest BCUT2D eigenvalue weighted by atomic mass is 10.1. The minimum absolute atomic E-state index is 0.0286. The van der Waals surface area contributed by atoms with E-state index in [-0.39, 0.29) is 10.5 Å². The van der Waals surface area contributed by atoms with Crippen molar-refractivity contribution in [3.05, 3.63) is 88.2 Å². The van der Waals surface area contributed by atoms with Crippen LogP contribution < -0.4 is 9.46 Å². The van der Waals surface area contributed by atoms with E-state index in [1.54, 1.807) is 30.3 Å². The number of aryl methyl sites for hydroxylation is 2. The van der Waals surface area contributed by atoms with Gasteiger partial charge < -0.3 is 9.30 Å². The molecule has 3 aromatic carbocycles. The van der Waals surface area contributed by atoms with Crippen LogP contribution in [0.3, 0.4) is 0 Å². The van der Waals surface area contributed by atoms with Crippen LogP contribution in [0.25, 0.3) is 11.0 Å². The highest BCUT2D eigenvalue weighted by Crippen LogP contribution is 2.26. The first kappa shape index (κ1) is 26.7. The number of unbranched alkanes of at least 4 members (excludes halogenated alkanes) is 2. The zero-order valence-corrected chi connectivity index (χ0v) is 22.7. The molecule has 194 valence electrons. The molecular formula is C28H30ClN3O4S. The molecule has 0 spiro atoms. The summed E-state index contributed by atoms with van der Waals surface area (Å²) < 4.78 is 35.3. The van der Waals surface area contributed by atoms with E-state index in [2.05, 4.69) is 16.6 Å². The number of carbonyl (C=O) groups is 1. The standard InChI is InChI=1S/C28H30ClN3O4S/c1-4-5-6-15-36-23-11-9-22(25(29)17-23)18-32-20(3)30-26-14-10-21(16-27(26)32)28(33)31-37(34,35)24-12-7-19(2)8-13-24/h7-14,16-17H,4-6,15,18H2,1-3H3,(H,31,33). The third-order valence-electron chi connectivity index (χ3n) is 6.13. The molecule has 0 saturated heterocycles. The maximum absolute atomic E-state index is 12.9. The number of sulfonamides is 1. The van der Waals surface area contributed by atoms with E-state index < -0.39 is 15.9 Å². The largest absolute Gasteiger partial charge is 0.494 e. The number of carbonyl (C=O) groups excluding carboxylic acids is 1. The van der Waals surface area contributed by atoms with Crippen LogP contribution in [0.1, 0.15) is 53.5 Å². The Kier molecular flexibility index (Phi) is 8.19. The molecule has 0 aliphatic rings. The minimum atomic E-state index is -4.00. The third-order valence-corrected chi connectivity index (χ3v) is 7.83. The van der Waals surface area contributed by atoms with E-state index in [0.717, 1.165) is 42.0 Å². The topological polar surface area (TPSA) is 90.3 Å². The molecule has 0 bridgehead atoms. The normalized spacial score (nSPS) is 11.6. The predicted molar refractivity (Wildman–Crippen MR) is 146 cm³/mol. The van der Waals surface area contributed by atoms with Gasteiger partial charge in [-0.25, -0.2) is 18.1 Å². The number of ether oxygens (including phenoxy) is 1. The second kappa shape index (κ2) is 11.4. The summed E-state index contributed by atoms with van der Waals surface area (Å²) in [4.78, 5) is 17.5. The summed E-state index contributed by atoms with van der Waals surface area (Å²) in [5.41, 5.74) is 3.41. The molecule has 9 heteroatoms. The quantitative estimate of drug-likeness (QED) is 0.248. The summed E-state index contributed by atoms with van der Waals surface area (Å²) in [6, 6.07) is 16.9. The van der Waals surface area contributed by atoms with E-state index in [1.165, 1.54) is 12.1 Å². The number of rotatable bonds is 10. The molecule has 0 aliphatic carbocycles. The summed E-state index contributed by atoms with van der Waals surface area (Å²) in [6.07, 6.45) is 3.25. The van der Waals surface area contributed by atoms with E-state index >= 15 is 0 Å². The smallest absolute Gasteiger partial charge is 0.265 e. The van der Waals surface area contributed by atoms with Crippen LogP contribution in [0.5, 0.6) is 5.75 Å². The summed E-state index contributed by atoms with van der Waals surface area (Å²) >= 11 is 6.57. The molecule has 7 nitrogen and oxygen atoms in total. The Morgan fingerprint density at radius 2 is 1.78 bits per heavy atom. The lowest BCUT2D eigenvalue weighted by Crippen LogP contribution is -2.30. The van der Waals surface area contributed by atoms with Crippen molar-refractivity contribution >= 4 is 38.6 Å². The Balaban J connectivity index is 1.55. The van der Waals surface area contributed by atoms with Crippen molar-refractivity contribution in [1.29, 1.82) is 0 Å². The van der Waals surface area contributed by atoms with Crippen molar-refractivity contribution in [3.8, 4) is 5.75 Å². The number of hydrogen-bond donors (Lipinski definition) is 1. The van der Waals surface area contributed by atoms with Gasteiger partial charge in [0, 0.05) is 10.6 Å². The number of halogens is 1. The number of benzene rings is 3. The predicted octanol–water partition coefficient (Wildman–Crippen LogP) is 6.04. The molecule has 0 fully saturated rings. The molecule has 1 amide bonds. The van der Waals surface area contributed by atoms with E-state index in [1.807, 2.05) is 36.6 Å². The Bertz CT molecular complexity index is 1530. The summed E-state index contributed by atoms with van der Waals surface area (Å²) in [5.74, 6) is 0.761. The molecule has 4 aromatic rings. The Labute approximate surface area is 222 Å². The van der Waals surface area contributed by atoms with Crippen molar-refractivity contribution in [3.63, 3.8) is 0 Å². The van der Waals surface area contributed by atoms with E-state index in [0.29, 0.717) is 29.2 Å². The summed E-state index contributed by atoms with van der Waals surface area (Å²) in [5, 5.41) is 0.576. The third kappa shape index (κ3) is 6.32. The van der Waals surface area contributed by atoms with Gasteiger partial charge in [-0.1, -0.05) is 55.1 Å². The number of fused-ring (bicyclic) bond motifs is 1. The highest BCUT2D eigenvalue weighted by Gasteiger charge is 2.20. The maximum Gasteiger partial charge on any atom is 0.265 e. The fourth-order valence-electron chi connectivity index (χ4n) is 4.00.